The Bertz CT molecular complexity index is 1050. The van der Waals surface area contributed by atoms with Crippen LogP contribution in [-0.2, 0) is 4.79 Å². The van der Waals surface area contributed by atoms with Crippen molar-refractivity contribution in [3.05, 3.63) is 63.8 Å². The van der Waals surface area contributed by atoms with Crippen LogP contribution in [-0.4, -0.2) is 29.2 Å². The van der Waals surface area contributed by atoms with Crippen molar-refractivity contribution in [2.75, 3.05) is 12.4 Å². The zero-order valence-corrected chi connectivity index (χ0v) is 15.7. The number of carboxylic acid groups (broad SMARTS) is 1. The SMILES string of the molecule is COc1ccc(-c2c(C(=O)O)sc3c2NC(=O)C[C@@H]3c2ccc(O)cc2)cc1. The number of rotatable bonds is 4. The second kappa shape index (κ2) is 7.01. The molecule has 6 nitrogen and oxygen atoms in total. The molecular weight excluding hydrogens is 378 g/mol. The standard InChI is InChI=1S/C21H17NO5S/c1-27-14-8-4-12(5-9-14)17-18-19(28-20(17)21(25)26)15(10-16(24)22-18)11-2-6-13(23)7-3-11/h2-9,15,23H,10H2,1H3,(H,22,24)(H,25,26)/t15-/m1/s1. The van der Waals surface area contributed by atoms with Gasteiger partial charge in [0.25, 0.3) is 0 Å². The monoisotopic (exact) mass is 395 g/mol. The van der Waals surface area contributed by atoms with Crippen LogP contribution >= 0.6 is 11.3 Å². The largest absolute Gasteiger partial charge is 0.508 e. The first-order valence-electron chi connectivity index (χ1n) is 8.61. The van der Waals surface area contributed by atoms with E-state index in [1.807, 2.05) is 0 Å². The number of anilines is 1. The number of carboxylic acids is 1. The highest BCUT2D eigenvalue weighted by atomic mass is 32.1. The van der Waals surface area contributed by atoms with Gasteiger partial charge in [0.15, 0.2) is 0 Å². The Morgan fingerprint density at radius 3 is 2.43 bits per heavy atom. The van der Waals surface area contributed by atoms with E-state index in [0.29, 0.717) is 22.6 Å². The molecule has 3 aromatic rings. The topological polar surface area (TPSA) is 95.9 Å². The molecule has 3 N–H and O–H groups in total. The number of phenolic OH excluding ortho intramolecular Hbond substituents is 1. The van der Waals surface area contributed by atoms with Gasteiger partial charge in [-0.2, -0.15) is 0 Å². The molecule has 7 heteroatoms. The van der Waals surface area contributed by atoms with Gasteiger partial charge in [-0.25, -0.2) is 4.79 Å². The quantitative estimate of drug-likeness (QED) is 0.612. The van der Waals surface area contributed by atoms with Crippen LogP contribution in [0.15, 0.2) is 48.5 Å². The van der Waals surface area contributed by atoms with Crippen LogP contribution in [0, 0.1) is 0 Å². The fourth-order valence-corrected chi connectivity index (χ4v) is 4.69. The molecule has 0 radical (unpaired) electrons. The first-order chi connectivity index (χ1) is 13.5. The molecule has 1 aliphatic rings. The first kappa shape index (κ1) is 18.1. The predicted molar refractivity (Wildman–Crippen MR) is 106 cm³/mol. The normalized spacial score (nSPS) is 15.6. The Hall–Kier alpha value is -3.32. The van der Waals surface area contributed by atoms with E-state index in [1.54, 1.807) is 55.6 Å². The highest BCUT2D eigenvalue weighted by molar-refractivity contribution is 7.15. The van der Waals surface area contributed by atoms with Crippen molar-refractivity contribution < 1.29 is 24.5 Å². The van der Waals surface area contributed by atoms with Crippen LogP contribution in [0.5, 0.6) is 11.5 Å². The van der Waals surface area contributed by atoms with Crippen molar-refractivity contribution in [1.82, 2.24) is 0 Å². The third-order valence-corrected chi connectivity index (χ3v) is 6.07. The van der Waals surface area contributed by atoms with Crippen molar-refractivity contribution >= 4 is 28.9 Å². The molecule has 142 valence electrons. The number of hydrogen-bond acceptors (Lipinski definition) is 5. The maximum absolute atomic E-state index is 12.4. The first-order valence-corrected chi connectivity index (χ1v) is 9.42. The smallest absolute Gasteiger partial charge is 0.346 e. The number of fused-ring (bicyclic) bond motifs is 1. The number of carbonyl (C=O) groups is 2. The molecule has 1 aliphatic heterocycles. The minimum Gasteiger partial charge on any atom is -0.508 e. The van der Waals surface area contributed by atoms with Crippen LogP contribution in [0.1, 0.15) is 32.5 Å². The number of thiophene rings is 1. The summed E-state index contributed by atoms with van der Waals surface area (Å²) in [5.74, 6) is -0.672. The van der Waals surface area contributed by atoms with Gasteiger partial charge in [0.05, 0.1) is 12.8 Å². The number of hydrogen-bond donors (Lipinski definition) is 3. The summed E-state index contributed by atoms with van der Waals surface area (Å²) < 4.78 is 5.17. The molecule has 2 heterocycles. The maximum atomic E-state index is 12.4. The van der Waals surface area contributed by atoms with Crippen molar-refractivity contribution in [3.8, 4) is 22.6 Å². The summed E-state index contributed by atoms with van der Waals surface area (Å²) in [6.45, 7) is 0. The van der Waals surface area contributed by atoms with Crippen molar-refractivity contribution in [1.29, 1.82) is 0 Å². The van der Waals surface area contributed by atoms with Crippen molar-refractivity contribution in [3.63, 3.8) is 0 Å². The van der Waals surface area contributed by atoms with Gasteiger partial charge in [-0.1, -0.05) is 24.3 Å². The Labute approximate surface area is 165 Å². The van der Waals surface area contributed by atoms with Crippen LogP contribution in [0.3, 0.4) is 0 Å². The van der Waals surface area contributed by atoms with Crippen molar-refractivity contribution in [2.45, 2.75) is 12.3 Å². The van der Waals surface area contributed by atoms with E-state index in [-0.39, 0.29) is 28.9 Å². The van der Waals surface area contributed by atoms with Gasteiger partial charge in [0.1, 0.15) is 16.4 Å². The summed E-state index contributed by atoms with van der Waals surface area (Å²) in [6, 6.07) is 13.7. The molecule has 0 spiro atoms. The number of nitrogens with one attached hydrogen (secondary N) is 1. The van der Waals surface area contributed by atoms with Crippen LogP contribution in [0.25, 0.3) is 11.1 Å². The molecule has 1 atom stereocenters. The number of ether oxygens (including phenoxy) is 1. The minimum absolute atomic E-state index is 0.139. The number of carbonyl (C=O) groups excluding carboxylic acids is 1. The van der Waals surface area contributed by atoms with Crippen LogP contribution in [0.2, 0.25) is 0 Å². The Morgan fingerprint density at radius 1 is 1.14 bits per heavy atom. The lowest BCUT2D eigenvalue weighted by Gasteiger charge is -2.24. The molecule has 0 saturated carbocycles. The maximum Gasteiger partial charge on any atom is 0.346 e. The summed E-state index contributed by atoms with van der Waals surface area (Å²) in [5, 5.41) is 22.2. The fraction of sp³-hybridized carbons (Fsp3) is 0.143. The van der Waals surface area contributed by atoms with E-state index >= 15 is 0 Å². The third-order valence-electron chi connectivity index (χ3n) is 4.77. The molecule has 1 amide bonds. The number of amides is 1. The molecule has 2 aromatic carbocycles. The second-order valence-corrected chi connectivity index (χ2v) is 7.53. The van der Waals surface area contributed by atoms with Gasteiger partial charge in [-0.3, -0.25) is 4.79 Å². The lowest BCUT2D eigenvalue weighted by molar-refractivity contribution is -0.116. The lowest BCUT2D eigenvalue weighted by Crippen LogP contribution is -2.22. The molecule has 0 unspecified atom stereocenters. The molecule has 4 rings (SSSR count). The zero-order chi connectivity index (χ0) is 19.8. The van der Waals surface area contributed by atoms with E-state index < -0.39 is 5.97 Å². The summed E-state index contributed by atoms with van der Waals surface area (Å²) in [6.07, 6.45) is 0.222. The lowest BCUT2D eigenvalue weighted by atomic mass is 9.88. The average Bonchev–Trinajstić information content (AvgIpc) is 3.07. The Kier molecular flexibility index (Phi) is 4.52. The highest BCUT2D eigenvalue weighted by Crippen LogP contribution is 2.49. The molecule has 28 heavy (non-hydrogen) atoms. The van der Waals surface area contributed by atoms with Crippen molar-refractivity contribution in [2.24, 2.45) is 0 Å². The molecular formula is C21H17NO5S. The molecule has 1 aromatic heterocycles. The summed E-state index contributed by atoms with van der Waals surface area (Å²) in [4.78, 5) is 25.3. The van der Waals surface area contributed by atoms with Gasteiger partial charge < -0.3 is 20.3 Å². The number of aromatic carboxylic acids is 1. The molecule has 0 aliphatic carbocycles. The summed E-state index contributed by atoms with van der Waals surface area (Å²) >= 11 is 1.18. The third kappa shape index (κ3) is 3.10. The van der Waals surface area contributed by atoms with E-state index in [2.05, 4.69) is 5.32 Å². The minimum atomic E-state index is -1.04. The predicted octanol–water partition coefficient (Wildman–Crippen LogP) is 4.30. The van der Waals surface area contributed by atoms with E-state index in [4.69, 9.17) is 4.74 Å². The molecule has 0 saturated heterocycles. The van der Waals surface area contributed by atoms with Gasteiger partial charge >= 0.3 is 5.97 Å². The Morgan fingerprint density at radius 2 is 1.82 bits per heavy atom. The zero-order valence-electron chi connectivity index (χ0n) is 14.9. The highest BCUT2D eigenvalue weighted by Gasteiger charge is 2.34. The number of aromatic hydroxyl groups is 1. The average molecular weight is 395 g/mol. The second-order valence-electron chi connectivity index (χ2n) is 6.48. The summed E-state index contributed by atoms with van der Waals surface area (Å²) in [7, 11) is 1.56. The molecule has 0 bridgehead atoms. The number of benzene rings is 2. The van der Waals surface area contributed by atoms with Gasteiger partial charge in [-0.05, 0) is 35.4 Å². The van der Waals surface area contributed by atoms with Crippen LogP contribution < -0.4 is 10.1 Å². The van der Waals surface area contributed by atoms with E-state index in [9.17, 15) is 19.8 Å². The fourth-order valence-electron chi connectivity index (χ4n) is 3.45. The van der Waals surface area contributed by atoms with E-state index in [1.165, 1.54) is 11.3 Å². The molecule has 0 fully saturated rings. The summed E-state index contributed by atoms with van der Waals surface area (Å²) in [5.41, 5.74) is 2.60. The van der Waals surface area contributed by atoms with Gasteiger partial charge in [0, 0.05) is 22.8 Å². The van der Waals surface area contributed by atoms with Gasteiger partial charge in [0.2, 0.25) is 5.91 Å². The number of phenols is 1. The van der Waals surface area contributed by atoms with E-state index in [0.717, 1.165) is 10.4 Å². The number of methoxy groups -OCH3 is 1. The van der Waals surface area contributed by atoms with Gasteiger partial charge in [-0.15, -0.1) is 11.3 Å². The van der Waals surface area contributed by atoms with Crippen LogP contribution in [0.4, 0.5) is 5.69 Å². The Balaban J connectivity index is 1.89.